The van der Waals surface area contributed by atoms with E-state index < -0.39 is 0 Å². The van der Waals surface area contributed by atoms with Crippen molar-refractivity contribution in [1.82, 2.24) is 24.7 Å². The lowest BCUT2D eigenvalue weighted by atomic mass is 9.96. The fourth-order valence-corrected chi connectivity index (χ4v) is 4.07. The molecule has 8 nitrogen and oxygen atoms in total. The molecule has 4 rings (SSSR count). The Balaban J connectivity index is 1.31. The van der Waals surface area contributed by atoms with E-state index in [4.69, 9.17) is 4.74 Å². The van der Waals surface area contributed by atoms with E-state index in [-0.39, 0.29) is 17.7 Å². The van der Waals surface area contributed by atoms with Crippen LogP contribution < -0.4 is 5.32 Å². The van der Waals surface area contributed by atoms with Crippen molar-refractivity contribution in [3.8, 4) is 5.69 Å². The zero-order chi connectivity index (χ0) is 20.8. The molecule has 0 saturated carbocycles. The van der Waals surface area contributed by atoms with Gasteiger partial charge in [0.2, 0.25) is 11.8 Å². The summed E-state index contributed by atoms with van der Waals surface area (Å²) >= 11 is 0. The number of aromatic nitrogens is 2. The predicted octanol–water partition coefficient (Wildman–Crippen LogP) is 1.06. The minimum absolute atomic E-state index is 0.0132. The minimum atomic E-state index is -0.159. The molecule has 0 radical (unpaired) electrons. The second kappa shape index (κ2) is 9.86. The summed E-state index contributed by atoms with van der Waals surface area (Å²) in [7, 11) is 0. The third kappa shape index (κ3) is 5.06. The predicted molar refractivity (Wildman–Crippen MR) is 112 cm³/mol. The molecule has 160 valence electrons. The molecule has 2 aliphatic rings. The van der Waals surface area contributed by atoms with Gasteiger partial charge in [-0.05, 0) is 18.1 Å². The first kappa shape index (κ1) is 20.6. The summed E-state index contributed by atoms with van der Waals surface area (Å²) in [6, 6.07) is 7.96. The van der Waals surface area contributed by atoms with Crippen molar-refractivity contribution in [3.05, 3.63) is 48.5 Å². The number of likely N-dealkylation sites (tertiary alicyclic amines) is 1. The van der Waals surface area contributed by atoms with Crippen LogP contribution in [0.3, 0.4) is 0 Å². The first-order valence-electron chi connectivity index (χ1n) is 10.6. The molecule has 0 spiro atoms. The smallest absolute Gasteiger partial charge is 0.225 e. The third-order valence-corrected chi connectivity index (χ3v) is 5.89. The molecule has 2 saturated heterocycles. The summed E-state index contributed by atoms with van der Waals surface area (Å²) in [4.78, 5) is 33.4. The number of carbonyl (C=O) groups is 2. The first-order chi connectivity index (χ1) is 14.7. The molecular weight excluding hydrogens is 382 g/mol. The maximum Gasteiger partial charge on any atom is 0.225 e. The normalized spacial score (nSPS) is 20.3. The van der Waals surface area contributed by atoms with Crippen LogP contribution in [-0.4, -0.2) is 77.1 Å². The second-order valence-electron chi connectivity index (χ2n) is 7.85. The average Bonchev–Trinajstić information content (AvgIpc) is 3.32. The molecule has 1 aromatic heterocycles. The summed E-state index contributed by atoms with van der Waals surface area (Å²) < 4.78 is 7.32. The Morgan fingerprint density at radius 3 is 2.83 bits per heavy atom. The lowest BCUT2D eigenvalue weighted by Crippen LogP contribution is -2.49. The quantitative estimate of drug-likeness (QED) is 0.737. The van der Waals surface area contributed by atoms with Gasteiger partial charge < -0.3 is 19.5 Å². The van der Waals surface area contributed by atoms with Crippen LogP contribution in [-0.2, 0) is 20.9 Å². The number of hydrogen-bond donors (Lipinski definition) is 1. The molecule has 8 heteroatoms. The number of piperidine rings is 1. The maximum atomic E-state index is 12.8. The molecule has 30 heavy (non-hydrogen) atoms. The van der Waals surface area contributed by atoms with E-state index in [0.29, 0.717) is 32.5 Å². The fourth-order valence-electron chi connectivity index (χ4n) is 4.07. The number of amides is 2. The Morgan fingerprint density at radius 2 is 2.03 bits per heavy atom. The van der Waals surface area contributed by atoms with Crippen LogP contribution in [0, 0.1) is 5.92 Å². The van der Waals surface area contributed by atoms with E-state index in [1.165, 1.54) is 0 Å². The highest BCUT2D eigenvalue weighted by Gasteiger charge is 2.30. The number of ether oxygens (including phenoxy) is 1. The lowest BCUT2D eigenvalue weighted by Gasteiger charge is -2.34. The van der Waals surface area contributed by atoms with E-state index in [2.05, 4.69) is 15.2 Å². The summed E-state index contributed by atoms with van der Waals surface area (Å²) in [6.45, 7) is 5.76. The van der Waals surface area contributed by atoms with E-state index in [1.807, 2.05) is 39.9 Å². The maximum absolute atomic E-state index is 12.8. The van der Waals surface area contributed by atoms with Crippen molar-refractivity contribution in [2.75, 3.05) is 45.9 Å². The Morgan fingerprint density at radius 1 is 1.20 bits per heavy atom. The number of morpholine rings is 1. The van der Waals surface area contributed by atoms with Gasteiger partial charge >= 0.3 is 0 Å². The van der Waals surface area contributed by atoms with Gasteiger partial charge in [-0.1, -0.05) is 18.2 Å². The van der Waals surface area contributed by atoms with E-state index >= 15 is 0 Å². The molecular formula is C22H29N5O3. The summed E-state index contributed by atoms with van der Waals surface area (Å²) in [5, 5.41) is 3.07. The van der Waals surface area contributed by atoms with Crippen molar-refractivity contribution >= 4 is 11.8 Å². The molecule has 1 unspecified atom stereocenters. The van der Waals surface area contributed by atoms with Crippen molar-refractivity contribution in [2.45, 2.75) is 19.4 Å². The first-order valence-corrected chi connectivity index (χ1v) is 10.6. The van der Waals surface area contributed by atoms with Gasteiger partial charge in [0.15, 0.2) is 0 Å². The van der Waals surface area contributed by atoms with Crippen LogP contribution in [0.15, 0.2) is 43.0 Å². The topological polar surface area (TPSA) is 79.7 Å². The third-order valence-electron chi connectivity index (χ3n) is 5.89. The number of para-hydroxylation sites is 1. The summed E-state index contributed by atoms with van der Waals surface area (Å²) in [6.07, 6.45) is 6.42. The highest BCUT2D eigenvalue weighted by atomic mass is 16.5. The largest absolute Gasteiger partial charge is 0.379 e. The monoisotopic (exact) mass is 411 g/mol. The molecule has 2 aliphatic heterocycles. The standard InChI is InChI=1S/C22H29N5O3/c28-21-6-5-19(16-26(21)10-9-25-11-13-30-14-12-25)22(29)24-15-18-3-1-2-4-20(18)27-8-7-23-17-27/h1-4,7-8,17,19H,5-6,9-16H2,(H,24,29). The van der Waals surface area contributed by atoms with Crippen molar-refractivity contribution < 1.29 is 14.3 Å². The highest BCUT2D eigenvalue weighted by Crippen LogP contribution is 2.19. The van der Waals surface area contributed by atoms with Crippen LogP contribution in [0.2, 0.25) is 0 Å². The van der Waals surface area contributed by atoms with Gasteiger partial charge in [0.1, 0.15) is 0 Å². The number of nitrogens with zero attached hydrogens (tertiary/aromatic N) is 4. The van der Waals surface area contributed by atoms with Crippen molar-refractivity contribution in [3.63, 3.8) is 0 Å². The zero-order valence-corrected chi connectivity index (χ0v) is 17.2. The Bertz CT molecular complexity index is 848. The molecule has 2 fully saturated rings. The Kier molecular flexibility index (Phi) is 6.76. The van der Waals surface area contributed by atoms with Gasteiger partial charge in [-0.25, -0.2) is 4.98 Å². The molecule has 1 atom stereocenters. The highest BCUT2D eigenvalue weighted by molar-refractivity contribution is 5.83. The Labute approximate surface area is 176 Å². The van der Waals surface area contributed by atoms with E-state index in [1.54, 1.807) is 12.5 Å². The Hall–Kier alpha value is -2.71. The number of hydrogen-bond acceptors (Lipinski definition) is 5. The number of nitrogens with one attached hydrogen (secondary N) is 1. The van der Waals surface area contributed by atoms with Gasteiger partial charge in [0.25, 0.3) is 0 Å². The van der Waals surface area contributed by atoms with E-state index in [0.717, 1.165) is 44.1 Å². The van der Waals surface area contributed by atoms with Crippen LogP contribution in [0.1, 0.15) is 18.4 Å². The van der Waals surface area contributed by atoms with Crippen molar-refractivity contribution in [1.29, 1.82) is 0 Å². The SMILES string of the molecule is O=C(NCc1ccccc1-n1ccnc1)C1CCC(=O)N(CCN2CCOCC2)C1. The number of rotatable bonds is 7. The molecule has 1 N–H and O–H groups in total. The zero-order valence-electron chi connectivity index (χ0n) is 17.2. The van der Waals surface area contributed by atoms with Gasteiger partial charge in [-0.2, -0.15) is 0 Å². The van der Waals surface area contributed by atoms with Crippen LogP contribution in [0.5, 0.6) is 0 Å². The molecule has 2 amide bonds. The minimum Gasteiger partial charge on any atom is -0.379 e. The van der Waals surface area contributed by atoms with E-state index in [9.17, 15) is 9.59 Å². The molecule has 0 bridgehead atoms. The second-order valence-corrected chi connectivity index (χ2v) is 7.85. The molecule has 3 heterocycles. The van der Waals surface area contributed by atoms with Crippen LogP contribution in [0.25, 0.3) is 5.69 Å². The van der Waals surface area contributed by atoms with Gasteiger partial charge in [0.05, 0.1) is 31.1 Å². The van der Waals surface area contributed by atoms with Gasteiger partial charge in [0, 0.05) is 58.1 Å². The van der Waals surface area contributed by atoms with Crippen LogP contribution in [0.4, 0.5) is 0 Å². The number of benzene rings is 1. The van der Waals surface area contributed by atoms with Crippen molar-refractivity contribution in [2.24, 2.45) is 5.92 Å². The fraction of sp³-hybridized carbons (Fsp3) is 0.500. The van der Waals surface area contributed by atoms with Gasteiger partial charge in [-0.3, -0.25) is 14.5 Å². The summed E-state index contributed by atoms with van der Waals surface area (Å²) in [5.74, 6) is 0.00451. The lowest BCUT2D eigenvalue weighted by molar-refractivity contribution is -0.138. The molecule has 1 aromatic carbocycles. The number of carbonyl (C=O) groups excluding carboxylic acids is 2. The number of imidazole rings is 1. The van der Waals surface area contributed by atoms with Crippen LogP contribution >= 0.6 is 0 Å². The summed E-state index contributed by atoms with van der Waals surface area (Å²) in [5.41, 5.74) is 2.03. The van der Waals surface area contributed by atoms with Gasteiger partial charge in [-0.15, -0.1) is 0 Å². The molecule has 0 aliphatic carbocycles. The molecule has 2 aromatic rings. The average molecular weight is 412 g/mol.